The number of carbonyl (C=O) groups excluding carboxylic acids is 1. The molecule has 1 aromatic rings. The lowest BCUT2D eigenvalue weighted by Gasteiger charge is -2.22. The minimum Gasteiger partial charge on any atom is -0.493 e. The van der Waals surface area contributed by atoms with Crippen molar-refractivity contribution in [1.29, 1.82) is 0 Å². The first-order chi connectivity index (χ1) is 10.6. The molecule has 0 aliphatic carbocycles. The van der Waals surface area contributed by atoms with Crippen molar-refractivity contribution < 1.29 is 22.7 Å². The number of benzene rings is 1. The van der Waals surface area contributed by atoms with Crippen LogP contribution in [0, 0.1) is 0 Å². The number of hydrogen-bond donors (Lipinski definition) is 1. The van der Waals surface area contributed by atoms with Crippen LogP contribution in [0.1, 0.15) is 30.6 Å². The van der Waals surface area contributed by atoms with Gasteiger partial charge in [-0.15, -0.1) is 0 Å². The van der Waals surface area contributed by atoms with Gasteiger partial charge in [0.2, 0.25) is 10.0 Å². The number of ether oxygens (including phenoxy) is 2. The number of sulfonamides is 1. The maximum absolute atomic E-state index is 12.5. The quantitative estimate of drug-likeness (QED) is 0.812. The second-order valence-corrected chi connectivity index (χ2v) is 7.25. The van der Waals surface area contributed by atoms with E-state index in [-0.39, 0.29) is 23.2 Å². The van der Waals surface area contributed by atoms with Gasteiger partial charge in [0.15, 0.2) is 11.5 Å². The lowest BCUT2D eigenvalue weighted by molar-refractivity contribution is 0.0939. The fraction of sp³-hybridized carbons (Fsp3) is 0.533. The zero-order valence-electron chi connectivity index (χ0n) is 14.3. The molecule has 1 amide bonds. The van der Waals surface area contributed by atoms with Gasteiger partial charge in [-0.3, -0.25) is 9.10 Å². The zero-order valence-corrected chi connectivity index (χ0v) is 15.2. The fourth-order valence-corrected chi connectivity index (χ4v) is 2.40. The molecule has 7 nitrogen and oxygen atoms in total. The van der Waals surface area contributed by atoms with Gasteiger partial charge in [-0.2, -0.15) is 0 Å². The molecule has 0 radical (unpaired) electrons. The van der Waals surface area contributed by atoms with Gasteiger partial charge >= 0.3 is 0 Å². The largest absolute Gasteiger partial charge is 0.493 e. The molecule has 0 bridgehead atoms. The van der Waals surface area contributed by atoms with Crippen molar-refractivity contribution in [3.8, 4) is 11.5 Å². The third-order valence-corrected chi connectivity index (χ3v) is 4.76. The molecule has 0 aromatic heterocycles. The minimum atomic E-state index is -3.53. The Bertz CT molecular complexity index is 673. The molecular formula is C15H24N2O5S. The Morgan fingerprint density at radius 1 is 1.26 bits per heavy atom. The van der Waals surface area contributed by atoms with E-state index in [1.165, 1.54) is 33.4 Å². The SMILES string of the molecule is CC[C@H](C)NC(=O)c1cc(OC)c(OC)cc1N(C)S(C)(=O)=O. The highest BCUT2D eigenvalue weighted by Gasteiger charge is 2.24. The van der Waals surface area contributed by atoms with Crippen LogP contribution in [-0.2, 0) is 10.0 Å². The summed E-state index contributed by atoms with van der Waals surface area (Å²) in [5, 5.41) is 2.82. The van der Waals surface area contributed by atoms with Crippen molar-refractivity contribution in [3.05, 3.63) is 17.7 Å². The van der Waals surface area contributed by atoms with Crippen LogP contribution < -0.4 is 19.1 Å². The highest BCUT2D eigenvalue weighted by Crippen LogP contribution is 2.35. The van der Waals surface area contributed by atoms with Gasteiger partial charge in [0.1, 0.15) is 0 Å². The molecule has 1 N–H and O–H groups in total. The molecule has 1 rings (SSSR count). The summed E-state index contributed by atoms with van der Waals surface area (Å²) in [6, 6.07) is 2.92. The summed E-state index contributed by atoms with van der Waals surface area (Å²) >= 11 is 0. The van der Waals surface area contributed by atoms with Crippen LogP contribution >= 0.6 is 0 Å². The van der Waals surface area contributed by atoms with Crippen LogP contribution in [0.4, 0.5) is 5.69 Å². The first kappa shape index (κ1) is 19.1. The molecular weight excluding hydrogens is 320 g/mol. The van der Waals surface area contributed by atoms with Crippen molar-refractivity contribution in [3.63, 3.8) is 0 Å². The molecule has 8 heteroatoms. The number of nitrogens with zero attached hydrogens (tertiary/aromatic N) is 1. The first-order valence-corrected chi connectivity index (χ1v) is 9.01. The van der Waals surface area contributed by atoms with Gasteiger partial charge in [-0.25, -0.2) is 8.42 Å². The van der Waals surface area contributed by atoms with Crippen LogP contribution in [0.3, 0.4) is 0 Å². The summed E-state index contributed by atoms with van der Waals surface area (Å²) in [5.41, 5.74) is 0.432. The Morgan fingerprint density at radius 3 is 2.22 bits per heavy atom. The number of rotatable bonds is 7. The number of nitrogens with one attached hydrogen (secondary N) is 1. The number of methoxy groups -OCH3 is 2. The normalized spacial score (nSPS) is 12.4. The molecule has 0 spiro atoms. The molecule has 0 unspecified atom stereocenters. The third-order valence-electron chi connectivity index (χ3n) is 3.57. The van der Waals surface area contributed by atoms with E-state index in [4.69, 9.17) is 9.47 Å². The van der Waals surface area contributed by atoms with Gasteiger partial charge in [0.05, 0.1) is 31.7 Å². The monoisotopic (exact) mass is 344 g/mol. The van der Waals surface area contributed by atoms with Crippen molar-refractivity contribution in [2.75, 3.05) is 31.8 Å². The Kier molecular flexibility index (Phi) is 6.26. The van der Waals surface area contributed by atoms with E-state index in [1.54, 1.807) is 0 Å². The van der Waals surface area contributed by atoms with Gasteiger partial charge in [0, 0.05) is 19.2 Å². The van der Waals surface area contributed by atoms with Gasteiger partial charge in [-0.05, 0) is 19.4 Å². The van der Waals surface area contributed by atoms with Crippen molar-refractivity contribution in [2.45, 2.75) is 26.3 Å². The summed E-state index contributed by atoms with van der Waals surface area (Å²) in [6.07, 6.45) is 1.83. The maximum atomic E-state index is 12.5. The number of anilines is 1. The molecule has 0 fully saturated rings. The second kappa shape index (κ2) is 7.54. The van der Waals surface area contributed by atoms with Crippen LogP contribution in [-0.4, -0.2) is 47.9 Å². The molecule has 0 aliphatic heterocycles. The Balaban J connectivity index is 3.48. The molecule has 0 aliphatic rings. The average Bonchev–Trinajstić information content (AvgIpc) is 2.51. The lowest BCUT2D eigenvalue weighted by atomic mass is 10.1. The van der Waals surface area contributed by atoms with E-state index >= 15 is 0 Å². The van der Waals surface area contributed by atoms with Gasteiger partial charge < -0.3 is 14.8 Å². The van der Waals surface area contributed by atoms with E-state index in [9.17, 15) is 13.2 Å². The van der Waals surface area contributed by atoms with E-state index in [0.29, 0.717) is 11.5 Å². The lowest BCUT2D eigenvalue weighted by Crippen LogP contribution is -2.34. The van der Waals surface area contributed by atoms with Crippen molar-refractivity contribution in [1.82, 2.24) is 5.32 Å². The average molecular weight is 344 g/mol. The van der Waals surface area contributed by atoms with E-state index in [0.717, 1.165) is 17.0 Å². The summed E-state index contributed by atoms with van der Waals surface area (Å²) < 4.78 is 35.2. The van der Waals surface area contributed by atoms with Crippen LogP contribution in [0.15, 0.2) is 12.1 Å². The molecule has 1 atom stereocenters. The Hall–Kier alpha value is -1.96. The Labute approximate surface area is 137 Å². The molecule has 1 aromatic carbocycles. The van der Waals surface area contributed by atoms with Gasteiger partial charge in [-0.1, -0.05) is 6.92 Å². The fourth-order valence-electron chi connectivity index (χ4n) is 1.89. The topological polar surface area (TPSA) is 84.9 Å². The van der Waals surface area contributed by atoms with E-state index < -0.39 is 10.0 Å². The molecule has 130 valence electrons. The molecule has 0 saturated carbocycles. The second-order valence-electron chi connectivity index (χ2n) is 5.24. The van der Waals surface area contributed by atoms with Crippen LogP contribution in [0.25, 0.3) is 0 Å². The first-order valence-electron chi connectivity index (χ1n) is 7.16. The molecule has 0 heterocycles. The van der Waals surface area contributed by atoms with Crippen LogP contribution in [0.5, 0.6) is 11.5 Å². The standard InChI is InChI=1S/C15H24N2O5S/c1-7-10(2)16-15(18)11-8-13(21-4)14(22-5)9-12(11)17(3)23(6,19)20/h8-10H,7H2,1-6H3,(H,16,18)/t10-/m0/s1. The maximum Gasteiger partial charge on any atom is 0.253 e. The number of hydrogen-bond acceptors (Lipinski definition) is 5. The number of carbonyl (C=O) groups is 1. The summed E-state index contributed by atoms with van der Waals surface area (Å²) in [5.74, 6) is 0.330. The smallest absolute Gasteiger partial charge is 0.253 e. The van der Waals surface area contributed by atoms with Crippen molar-refractivity contribution >= 4 is 21.6 Å². The van der Waals surface area contributed by atoms with Crippen LogP contribution in [0.2, 0.25) is 0 Å². The third kappa shape index (κ3) is 4.51. The summed E-state index contributed by atoms with van der Waals surface area (Å²) in [4.78, 5) is 12.5. The highest BCUT2D eigenvalue weighted by molar-refractivity contribution is 7.92. The number of amides is 1. The van der Waals surface area contributed by atoms with E-state index in [1.807, 2.05) is 13.8 Å². The zero-order chi connectivity index (χ0) is 17.8. The van der Waals surface area contributed by atoms with Crippen molar-refractivity contribution in [2.24, 2.45) is 0 Å². The predicted molar refractivity (Wildman–Crippen MR) is 90.0 cm³/mol. The molecule has 23 heavy (non-hydrogen) atoms. The molecule has 0 saturated heterocycles. The summed E-state index contributed by atoms with van der Waals surface area (Å²) in [7, 11) is 0.750. The highest BCUT2D eigenvalue weighted by atomic mass is 32.2. The van der Waals surface area contributed by atoms with E-state index in [2.05, 4.69) is 5.32 Å². The van der Waals surface area contributed by atoms with Gasteiger partial charge in [0.25, 0.3) is 5.91 Å². The Morgan fingerprint density at radius 2 is 1.78 bits per heavy atom. The summed E-state index contributed by atoms with van der Waals surface area (Å²) in [6.45, 7) is 3.82. The predicted octanol–water partition coefficient (Wildman–Crippen LogP) is 1.63. The minimum absolute atomic E-state index is 0.0352.